The lowest BCUT2D eigenvalue weighted by Crippen LogP contribution is -1.88. The highest BCUT2D eigenvalue weighted by Crippen LogP contribution is 2.24. The maximum Gasteiger partial charge on any atom is 0.0327 e. The molecule has 0 unspecified atom stereocenters. The Balaban J connectivity index is 1.35. The fourth-order valence-corrected chi connectivity index (χ4v) is 5.94. The van der Waals surface area contributed by atoms with Gasteiger partial charge in [-0.15, -0.1) is 0 Å². The van der Waals surface area contributed by atoms with Crippen LogP contribution >= 0.6 is 0 Å². The molecule has 0 aliphatic rings. The van der Waals surface area contributed by atoms with Gasteiger partial charge in [0.25, 0.3) is 0 Å². The molecule has 0 saturated heterocycles. The fraction of sp³-hybridized carbons (Fsp3) is 0.0667. The van der Waals surface area contributed by atoms with Crippen molar-refractivity contribution in [1.29, 1.82) is 0 Å². The SMILES string of the molecule is Cc1ccc(C#Cc2cc(C#Cc3ccc(C)c4ccccc34)cc(C#Cc3ccc(C)c4ccccc34)c2)c2ccccc12. The van der Waals surface area contributed by atoms with E-state index < -0.39 is 0 Å². The van der Waals surface area contributed by atoms with Gasteiger partial charge < -0.3 is 0 Å². The summed E-state index contributed by atoms with van der Waals surface area (Å²) in [7, 11) is 0. The first-order chi connectivity index (χ1) is 22.0. The van der Waals surface area contributed by atoms with Crippen LogP contribution in [-0.2, 0) is 0 Å². The molecule has 45 heavy (non-hydrogen) atoms. The molecule has 0 bridgehead atoms. The van der Waals surface area contributed by atoms with Gasteiger partial charge in [0.15, 0.2) is 0 Å². The van der Waals surface area contributed by atoms with Crippen LogP contribution < -0.4 is 0 Å². The van der Waals surface area contributed by atoms with Crippen LogP contribution in [0.3, 0.4) is 0 Å². The summed E-state index contributed by atoms with van der Waals surface area (Å²) >= 11 is 0. The first kappa shape index (κ1) is 27.8. The number of benzene rings is 7. The lowest BCUT2D eigenvalue weighted by Gasteiger charge is -2.05. The number of aryl methyl sites for hydroxylation is 3. The van der Waals surface area contributed by atoms with Crippen LogP contribution in [0.15, 0.2) is 127 Å². The van der Waals surface area contributed by atoms with Crippen LogP contribution in [0.4, 0.5) is 0 Å². The van der Waals surface area contributed by atoms with Crippen LogP contribution in [0.5, 0.6) is 0 Å². The fourth-order valence-electron chi connectivity index (χ4n) is 5.94. The summed E-state index contributed by atoms with van der Waals surface area (Å²) in [5, 5.41) is 7.18. The van der Waals surface area contributed by atoms with Gasteiger partial charge in [-0.2, -0.15) is 0 Å². The van der Waals surface area contributed by atoms with E-state index in [0.29, 0.717) is 0 Å². The van der Waals surface area contributed by atoms with Gasteiger partial charge in [0.1, 0.15) is 0 Å². The van der Waals surface area contributed by atoms with E-state index in [1.807, 2.05) is 0 Å². The molecular formula is C45H30. The van der Waals surface area contributed by atoms with Crippen molar-refractivity contribution < 1.29 is 0 Å². The van der Waals surface area contributed by atoms with Crippen LogP contribution in [0.1, 0.15) is 50.1 Å². The monoisotopic (exact) mass is 570 g/mol. The summed E-state index contributed by atoms with van der Waals surface area (Å²) in [4.78, 5) is 0. The minimum absolute atomic E-state index is 0.887. The summed E-state index contributed by atoms with van der Waals surface area (Å²) in [6.07, 6.45) is 0. The van der Waals surface area contributed by atoms with Crippen molar-refractivity contribution in [3.63, 3.8) is 0 Å². The molecule has 0 amide bonds. The van der Waals surface area contributed by atoms with E-state index in [-0.39, 0.29) is 0 Å². The second kappa shape index (κ2) is 11.9. The largest absolute Gasteiger partial charge is 0.0616 e. The van der Waals surface area contributed by atoms with E-state index in [1.54, 1.807) is 0 Å². The predicted octanol–water partition coefficient (Wildman–Crippen LogP) is 10.3. The van der Waals surface area contributed by atoms with Crippen LogP contribution in [0.25, 0.3) is 32.3 Å². The van der Waals surface area contributed by atoms with Gasteiger partial charge in [0, 0.05) is 33.4 Å². The Morgan fingerprint density at radius 3 is 0.844 bits per heavy atom. The van der Waals surface area contributed by atoms with Gasteiger partial charge in [-0.25, -0.2) is 0 Å². The maximum atomic E-state index is 3.45. The summed E-state index contributed by atoms with van der Waals surface area (Å²) < 4.78 is 0. The van der Waals surface area contributed by atoms with E-state index in [0.717, 1.165) is 33.4 Å². The van der Waals surface area contributed by atoms with Crippen LogP contribution in [0.2, 0.25) is 0 Å². The molecule has 0 aliphatic heterocycles. The highest BCUT2D eigenvalue weighted by molar-refractivity contribution is 5.92. The number of fused-ring (bicyclic) bond motifs is 3. The molecule has 0 atom stereocenters. The third-order valence-electron chi connectivity index (χ3n) is 8.38. The quantitative estimate of drug-likeness (QED) is 0.159. The maximum absolute atomic E-state index is 3.45. The minimum atomic E-state index is 0.887. The van der Waals surface area contributed by atoms with Crippen molar-refractivity contribution in [3.05, 3.63) is 177 Å². The third kappa shape index (κ3) is 5.69. The van der Waals surface area contributed by atoms with Crippen molar-refractivity contribution in [1.82, 2.24) is 0 Å². The Hall–Kier alpha value is -6.00. The van der Waals surface area contributed by atoms with Crippen LogP contribution in [0, 0.1) is 56.3 Å². The molecule has 0 radical (unpaired) electrons. The molecule has 0 heterocycles. The molecule has 0 saturated carbocycles. The van der Waals surface area contributed by atoms with E-state index >= 15 is 0 Å². The number of hydrogen-bond acceptors (Lipinski definition) is 0. The van der Waals surface area contributed by atoms with Crippen LogP contribution in [-0.4, -0.2) is 0 Å². The molecule has 0 heteroatoms. The minimum Gasteiger partial charge on any atom is -0.0616 e. The molecule has 7 rings (SSSR count). The molecule has 0 spiro atoms. The number of rotatable bonds is 0. The standard InChI is InChI=1S/C45H30/c1-31-16-22-37(43-13-7-4-10-40(31)43)25-19-34-28-35(20-26-38-23-17-32(2)41-11-5-8-14-44(38)41)30-36(29-34)21-27-39-24-18-33(3)42-12-6-9-15-45(39)42/h4-18,22-24,28-30H,1-3H3. The Kier molecular flexibility index (Phi) is 7.38. The van der Waals surface area contributed by atoms with Crippen molar-refractivity contribution in [2.75, 3.05) is 0 Å². The highest BCUT2D eigenvalue weighted by atomic mass is 14.1. The summed E-state index contributed by atoms with van der Waals surface area (Å²) in [6, 6.07) is 44.3. The highest BCUT2D eigenvalue weighted by Gasteiger charge is 2.04. The van der Waals surface area contributed by atoms with Crippen molar-refractivity contribution >= 4 is 32.3 Å². The van der Waals surface area contributed by atoms with Gasteiger partial charge in [-0.1, -0.05) is 127 Å². The summed E-state index contributed by atoms with van der Waals surface area (Å²) in [5.74, 6) is 20.7. The van der Waals surface area contributed by atoms with Gasteiger partial charge >= 0.3 is 0 Å². The molecule has 7 aromatic rings. The molecular weight excluding hydrogens is 540 g/mol. The molecule has 0 fully saturated rings. The molecule has 210 valence electrons. The van der Waals surface area contributed by atoms with E-state index in [9.17, 15) is 0 Å². The van der Waals surface area contributed by atoms with Crippen molar-refractivity contribution in [2.24, 2.45) is 0 Å². The zero-order valence-corrected chi connectivity index (χ0v) is 25.6. The third-order valence-corrected chi connectivity index (χ3v) is 8.38. The molecule has 0 N–H and O–H groups in total. The average Bonchev–Trinajstić information content (AvgIpc) is 3.08. The molecule has 0 aliphatic carbocycles. The molecule has 0 aromatic heterocycles. The smallest absolute Gasteiger partial charge is 0.0327 e. The predicted molar refractivity (Wildman–Crippen MR) is 190 cm³/mol. The normalized spacial score (nSPS) is 10.5. The van der Waals surface area contributed by atoms with Gasteiger partial charge in [-0.05, 0) is 106 Å². The van der Waals surface area contributed by atoms with Crippen molar-refractivity contribution in [2.45, 2.75) is 20.8 Å². The topological polar surface area (TPSA) is 0 Å². The zero-order valence-electron chi connectivity index (χ0n) is 25.6. The Bertz CT molecular complexity index is 2180. The zero-order chi connectivity index (χ0) is 30.8. The van der Waals surface area contributed by atoms with E-state index in [2.05, 4.69) is 184 Å². The molecule has 7 aromatic carbocycles. The lowest BCUT2D eigenvalue weighted by molar-refractivity contribution is 1.51. The Morgan fingerprint density at radius 1 is 0.289 bits per heavy atom. The van der Waals surface area contributed by atoms with E-state index in [1.165, 1.54) is 49.0 Å². The van der Waals surface area contributed by atoms with Gasteiger partial charge in [0.2, 0.25) is 0 Å². The van der Waals surface area contributed by atoms with Crippen molar-refractivity contribution in [3.8, 4) is 35.5 Å². The summed E-state index contributed by atoms with van der Waals surface area (Å²) in [6.45, 7) is 6.42. The molecule has 0 nitrogen and oxygen atoms in total. The first-order valence-corrected chi connectivity index (χ1v) is 15.2. The summed E-state index contributed by atoms with van der Waals surface area (Å²) in [5.41, 5.74) is 9.44. The first-order valence-electron chi connectivity index (χ1n) is 15.2. The average molecular weight is 571 g/mol. The Labute approximate surface area is 265 Å². The van der Waals surface area contributed by atoms with Gasteiger partial charge in [0.05, 0.1) is 0 Å². The lowest BCUT2D eigenvalue weighted by atomic mass is 9.99. The Morgan fingerprint density at radius 2 is 0.556 bits per heavy atom. The van der Waals surface area contributed by atoms with E-state index in [4.69, 9.17) is 0 Å². The van der Waals surface area contributed by atoms with Gasteiger partial charge in [-0.3, -0.25) is 0 Å². The number of hydrogen-bond donors (Lipinski definition) is 0. The second-order valence-electron chi connectivity index (χ2n) is 11.5. The second-order valence-corrected chi connectivity index (χ2v) is 11.5.